The molecule has 12 heteroatoms. The van der Waals surface area contributed by atoms with Crippen molar-refractivity contribution in [2.75, 3.05) is 18.5 Å². The van der Waals surface area contributed by atoms with Crippen LogP contribution in [0.3, 0.4) is 0 Å². The van der Waals surface area contributed by atoms with Gasteiger partial charge >= 0.3 is 7.12 Å². The number of primary amides is 1. The van der Waals surface area contributed by atoms with Gasteiger partial charge in [0.25, 0.3) is 0 Å². The lowest BCUT2D eigenvalue weighted by atomic mass is 9.80. The number of benzene rings is 3. The van der Waals surface area contributed by atoms with Crippen molar-refractivity contribution in [3.63, 3.8) is 0 Å². The lowest BCUT2D eigenvalue weighted by Crippen LogP contribution is -2.30. The Morgan fingerprint density at radius 2 is 1.79 bits per heavy atom. The normalized spacial score (nSPS) is 11.2. The fraction of sp³-hybridized carbons (Fsp3) is 0.148. The van der Waals surface area contributed by atoms with E-state index in [1.54, 1.807) is 34.9 Å². The second-order valence-electron chi connectivity index (χ2n) is 8.91. The van der Waals surface area contributed by atoms with Crippen molar-refractivity contribution in [3.05, 3.63) is 83.6 Å². The van der Waals surface area contributed by atoms with Crippen LogP contribution in [-0.2, 0) is 13.1 Å². The van der Waals surface area contributed by atoms with Crippen LogP contribution in [0.1, 0.15) is 21.6 Å². The molecular formula is C27H28BN7O4. The van der Waals surface area contributed by atoms with Gasteiger partial charge in [0.05, 0.1) is 5.52 Å². The molecule has 0 atom stereocenters. The standard InChI is InChI=1S/C27H28BN7O4/c29-10-11-39-23-9-3-7-20-24(23)33-27(34-26(20)32-15-16-4-1-5-17(12-16)28(37)38)35-18(14-30)13-21-19(25(31)36)6-2-8-22(21)35/h1-9,12-13,37-38H,10-11,14-15,29-30H2,(H2,31,36)(H,32,33,34). The van der Waals surface area contributed by atoms with Gasteiger partial charge in [-0.15, -0.1) is 0 Å². The molecule has 0 bridgehead atoms. The van der Waals surface area contributed by atoms with Crippen LogP contribution < -0.4 is 32.7 Å². The summed E-state index contributed by atoms with van der Waals surface area (Å²) in [5, 5.41) is 23.8. The summed E-state index contributed by atoms with van der Waals surface area (Å²) in [4.78, 5) is 21.8. The molecule has 2 heterocycles. The molecule has 9 N–H and O–H groups in total. The van der Waals surface area contributed by atoms with Crippen LogP contribution in [-0.4, -0.2) is 50.8 Å². The van der Waals surface area contributed by atoms with Crippen molar-refractivity contribution in [2.24, 2.45) is 17.2 Å². The Morgan fingerprint density at radius 3 is 2.54 bits per heavy atom. The summed E-state index contributed by atoms with van der Waals surface area (Å²) in [6, 6.07) is 19.6. The predicted octanol–water partition coefficient (Wildman–Crippen LogP) is 0.761. The minimum absolute atomic E-state index is 0.165. The zero-order valence-corrected chi connectivity index (χ0v) is 21.0. The molecule has 3 aromatic carbocycles. The number of aromatic nitrogens is 3. The van der Waals surface area contributed by atoms with Crippen molar-refractivity contribution in [1.82, 2.24) is 14.5 Å². The SMILES string of the molecule is NCCOc1cccc2c(NCc3cccc(B(O)O)c3)nc(-n3c(CN)cc4c(C(N)=O)cccc43)nc12. The number of hydrogen-bond acceptors (Lipinski definition) is 9. The minimum atomic E-state index is -1.57. The summed E-state index contributed by atoms with van der Waals surface area (Å²) in [6.45, 7) is 1.16. The molecule has 198 valence electrons. The molecule has 2 aromatic heterocycles. The highest BCUT2D eigenvalue weighted by Gasteiger charge is 2.19. The van der Waals surface area contributed by atoms with Crippen LogP contribution >= 0.6 is 0 Å². The van der Waals surface area contributed by atoms with E-state index in [0.29, 0.717) is 70.4 Å². The zero-order valence-electron chi connectivity index (χ0n) is 21.0. The van der Waals surface area contributed by atoms with E-state index in [2.05, 4.69) is 5.32 Å². The molecule has 1 amide bonds. The van der Waals surface area contributed by atoms with Gasteiger partial charge < -0.3 is 37.3 Å². The van der Waals surface area contributed by atoms with Gasteiger partial charge in [-0.2, -0.15) is 4.98 Å². The first-order valence-corrected chi connectivity index (χ1v) is 12.4. The highest BCUT2D eigenvalue weighted by atomic mass is 16.5. The maximum absolute atomic E-state index is 12.1. The van der Waals surface area contributed by atoms with E-state index in [4.69, 9.17) is 31.9 Å². The van der Waals surface area contributed by atoms with E-state index in [0.717, 1.165) is 10.9 Å². The minimum Gasteiger partial charge on any atom is -0.490 e. The quantitative estimate of drug-likeness (QED) is 0.143. The van der Waals surface area contributed by atoms with Crippen LogP contribution in [0.4, 0.5) is 5.82 Å². The summed E-state index contributed by atoms with van der Waals surface area (Å²) < 4.78 is 7.70. The third kappa shape index (κ3) is 5.13. The Balaban J connectivity index is 1.68. The number of carbonyl (C=O) groups excluding carboxylic acids is 1. The van der Waals surface area contributed by atoms with Crippen LogP contribution in [0.2, 0.25) is 0 Å². The molecule has 5 rings (SSSR count). The van der Waals surface area contributed by atoms with Gasteiger partial charge in [0, 0.05) is 41.7 Å². The number of ether oxygens (including phenoxy) is 1. The fourth-order valence-electron chi connectivity index (χ4n) is 4.57. The summed E-state index contributed by atoms with van der Waals surface area (Å²) >= 11 is 0. The molecule has 0 aliphatic heterocycles. The number of fused-ring (bicyclic) bond motifs is 2. The van der Waals surface area contributed by atoms with Crippen LogP contribution in [0.25, 0.3) is 27.8 Å². The van der Waals surface area contributed by atoms with Crippen molar-refractivity contribution in [3.8, 4) is 11.7 Å². The smallest absolute Gasteiger partial charge is 0.488 e. The van der Waals surface area contributed by atoms with Crippen molar-refractivity contribution in [1.29, 1.82) is 0 Å². The topological polar surface area (TPSA) is 188 Å². The lowest BCUT2D eigenvalue weighted by molar-refractivity contribution is 0.100. The lowest BCUT2D eigenvalue weighted by Gasteiger charge is -2.16. The summed E-state index contributed by atoms with van der Waals surface area (Å²) in [7, 11) is -1.57. The Labute approximate surface area is 224 Å². The van der Waals surface area contributed by atoms with E-state index in [1.165, 1.54) is 0 Å². The fourth-order valence-corrected chi connectivity index (χ4v) is 4.57. The first-order chi connectivity index (χ1) is 18.9. The number of nitrogens with zero attached hydrogens (tertiary/aromatic N) is 3. The van der Waals surface area contributed by atoms with E-state index >= 15 is 0 Å². The number of para-hydroxylation sites is 1. The molecule has 0 aliphatic rings. The maximum atomic E-state index is 12.1. The zero-order chi connectivity index (χ0) is 27.5. The first kappa shape index (κ1) is 26.1. The highest BCUT2D eigenvalue weighted by Crippen LogP contribution is 2.32. The van der Waals surface area contributed by atoms with Crippen molar-refractivity contribution >= 4 is 46.1 Å². The van der Waals surface area contributed by atoms with E-state index in [1.807, 2.05) is 36.4 Å². The molecule has 5 aromatic rings. The Morgan fingerprint density at radius 1 is 1.00 bits per heavy atom. The Bertz CT molecular complexity index is 1670. The van der Waals surface area contributed by atoms with Gasteiger partial charge in [-0.1, -0.05) is 36.4 Å². The molecule has 0 radical (unpaired) electrons. The van der Waals surface area contributed by atoms with Crippen LogP contribution in [0, 0.1) is 0 Å². The number of amides is 1. The summed E-state index contributed by atoms with van der Waals surface area (Å²) in [6.07, 6.45) is 0. The number of anilines is 1. The maximum Gasteiger partial charge on any atom is 0.488 e. The average molecular weight is 525 g/mol. The van der Waals surface area contributed by atoms with Crippen LogP contribution in [0.5, 0.6) is 5.75 Å². The van der Waals surface area contributed by atoms with Gasteiger partial charge in [-0.05, 0) is 41.4 Å². The molecule has 0 spiro atoms. The van der Waals surface area contributed by atoms with Gasteiger partial charge in [0.15, 0.2) is 0 Å². The second kappa shape index (κ2) is 11.1. The van der Waals surface area contributed by atoms with Gasteiger partial charge in [-0.25, -0.2) is 4.98 Å². The first-order valence-electron chi connectivity index (χ1n) is 12.4. The highest BCUT2D eigenvalue weighted by molar-refractivity contribution is 6.58. The van der Waals surface area contributed by atoms with E-state index in [9.17, 15) is 14.8 Å². The number of rotatable bonds is 10. The largest absolute Gasteiger partial charge is 0.490 e. The molecule has 11 nitrogen and oxygen atoms in total. The Hall–Kier alpha value is -4.49. The third-order valence-electron chi connectivity index (χ3n) is 6.36. The van der Waals surface area contributed by atoms with Crippen molar-refractivity contribution < 1.29 is 19.6 Å². The van der Waals surface area contributed by atoms with Crippen LogP contribution in [0.15, 0.2) is 66.7 Å². The van der Waals surface area contributed by atoms with E-state index < -0.39 is 13.0 Å². The number of hydrogen-bond donors (Lipinski definition) is 6. The predicted molar refractivity (Wildman–Crippen MR) is 151 cm³/mol. The molecular weight excluding hydrogens is 497 g/mol. The number of nitrogens with two attached hydrogens (primary N) is 3. The molecule has 0 fully saturated rings. The number of nitrogens with one attached hydrogen (secondary N) is 1. The van der Waals surface area contributed by atoms with Gasteiger partial charge in [-0.3, -0.25) is 9.36 Å². The van der Waals surface area contributed by atoms with Gasteiger partial charge in [0.2, 0.25) is 11.9 Å². The molecule has 0 unspecified atom stereocenters. The van der Waals surface area contributed by atoms with E-state index in [-0.39, 0.29) is 6.54 Å². The summed E-state index contributed by atoms with van der Waals surface area (Å²) in [5.74, 6) is 0.846. The Kier molecular flexibility index (Phi) is 7.43. The molecule has 0 saturated carbocycles. The molecule has 0 aliphatic carbocycles. The third-order valence-corrected chi connectivity index (χ3v) is 6.36. The monoisotopic (exact) mass is 525 g/mol. The average Bonchev–Trinajstić information content (AvgIpc) is 3.33. The molecule has 39 heavy (non-hydrogen) atoms. The summed E-state index contributed by atoms with van der Waals surface area (Å²) in [5.41, 5.74) is 20.9. The van der Waals surface area contributed by atoms with Crippen molar-refractivity contribution in [2.45, 2.75) is 13.1 Å². The second-order valence-corrected chi connectivity index (χ2v) is 8.91. The molecule has 0 saturated heterocycles. The van der Waals surface area contributed by atoms with Gasteiger partial charge in [0.1, 0.15) is 23.7 Å². The number of carbonyl (C=O) groups is 1.